The summed E-state index contributed by atoms with van der Waals surface area (Å²) < 4.78 is 23.8. The zero-order chi connectivity index (χ0) is 10.8. The summed E-state index contributed by atoms with van der Waals surface area (Å²) in [5.74, 6) is 0.241. The number of aliphatic hydroxyl groups is 1. The van der Waals surface area contributed by atoms with E-state index in [4.69, 9.17) is 26.2 Å². The van der Waals surface area contributed by atoms with E-state index in [0.717, 1.165) is 0 Å². The first kappa shape index (κ1) is 10.5. The first-order valence-corrected chi connectivity index (χ1v) is 4.99. The third kappa shape index (κ3) is 1.87. The maximum atomic E-state index is 13.6. The monoisotopic (exact) mass is 232 g/mol. The second kappa shape index (κ2) is 4.24. The second-order valence-electron chi connectivity index (χ2n) is 3.22. The van der Waals surface area contributed by atoms with Gasteiger partial charge in [-0.1, -0.05) is 11.6 Å². The van der Waals surface area contributed by atoms with Crippen molar-refractivity contribution in [3.8, 4) is 11.5 Å². The predicted molar refractivity (Wildman–Crippen MR) is 52.9 cm³/mol. The molecule has 1 aliphatic rings. The average Bonchev–Trinajstić information content (AvgIpc) is 2.69. The van der Waals surface area contributed by atoms with E-state index in [1.54, 1.807) is 6.07 Å². The standard InChI is InChI=1S/C10H10ClFO3/c11-8-9(12)6(2-1-3-13)4-7-10(8)15-5-14-7/h4,13H,1-3,5H2. The molecular formula is C10H10ClFO3. The SMILES string of the molecule is OCCCc1cc2c(c(Cl)c1F)OCO2. The first-order chi connectivity index (χ1) is 7.24. The van der Waals surface area contributed by atoms with E-state index < -0.39 is 5.82 Å². The van der Waals surface area contributed by atoms with Gasteiger partial charge in [0.25, 0.3) is 0 Å². The van der Waals surface area contributed by atoms with Crippen molar-refractivity contribution in [2.24, 2.45) is 0 Å². The minimum absolute atomic E-state index is 0.0193. The number of halogens is 2. The van der Waals surface area contributed by atoms with Gasteiger partial charge in [0.1, 0.15) is 10.8 Å². The molecule has 1 aromatic carbocycles. The lowest BCUT2D eigenvalue weighted by atomic mass is 10.1. The number of benzene rings is 1. The molecule has 0 atom stereocenters. The number of aryl methyl sites for hydroxylation is 1. The van der Waals surface area contributed by atoms with Crippen LogP contribution in [0.3, 0.4) is 0 Å². The Kier molecular flexibility index (Phi) is 2.98. The predicted octanol–water partition coefficient (Wildman–Crippen LogP) is 2.13. The minimum atomic E-state index is -0.491. The number of fused-ring (bicyclic) bond motifs is 1. The van der Waals surface area contributed by atoms with Gasteiger partial charge in [-0.3, -0.25) is 0 Å². The summed E-state index contributed by atoms with van der Waals surface area (Å²) in [6.07, 6.45) is 0.922. The number of hydrogen-bond acceptors (Lipinski definition) is 3. The number of rotatable bonds is 3. The summed E-state index contributed by atoms with van der Waals surface area (Å²) >= 11 is 5.78. The molecule has 0 spiro atoms. The van der Waals surface area contributed by atoms with Crippen molar-refractivity contribution in [1.82, 2.24) is 0 Å². The van der Waals surface area contributed by atoms with Crippen LogP contribution in [-0.4, -0.2) is 18.5 Å². The van der Waals surface area contributed by atoms with Crippen LogP contribution in [0.2, 0.25) is 5.02 Å². The van der Waals surface area contributed by atoms with Crippen LogP contribution in [0.25, 0.3) is 0 Å². The smallest absolute Gasteiger partial charge is 0.231 e. The second-order valence-corrected chi connectivity index (χ2v) is 3.60. The minimum Gasteiger partial charge on any atom is -0.454 e. The van der Waals surface area contributed by atoms with Crippen LogP contribution in [0.15, 0.2) is 6.07 Å². The van der Waals surface area contributed by atoms with Crippen molar-refractivity contribution in [2.75, 3.05) is 13.4 Å². The van der Waals surface area contributed by atoms with Gasteiger partial charge in [-0.05, 0) is 24.5 Å². The van der Waals surface area contributed by atoms with E-state index in [0.29, 0.717) is 24.2 Å². The van der Waals surface area contributed by atoms with E-state index in [1.165, 1.54) is 0 Å². The molecule has 1 aromatic rings. The largest absolute Gasteiger partial charge is 0.454 e. The molecule has 0 amide bonds. The van der Waals surface area contributed by atoms with Crippen LogP contribution in [0.4, 0.5) is 4.39 Å². The molecule has 82 valence electrons. The number of ether oxygens (including phenoxy) is 2. The van der Waals surface area contributed by atoms with Crippen molar-refractivity contribution >= 4 is 11.6 Å². The van der Waals surface area contributed by atoms with Gasteiger partial charge >= 0.3 is 0 Å². The lowest BCUT2D eigenvalue weighted by Crippen LogP contribution is -1.95. The lowest BCUT2D eigenvalue weighted by Gasteiger charge is -2.06. The van der Waals surface area contributed by atoms with E-state index >= 15 is 0 Å². The van der Waals surface area contributed by atoms with Crippen LogP contribution in [-0.2, 0) is 6.42 Å². The average molecular weight is 233 g/mol. The first-order valence-electron chi connectivity index (χ1n) is 4.61. The van der Waals surface area contributed by atoms with Crippen LogP contribution < -0.4 is 9.47 Å². The molecule has 0 bridgehead atoms. The highest BCUT2D eigenvalue weighted by atomic mass is 35.5. The van der Waals surface area contributed by atoms with Gasteiger partial charge in [0.2, 0.25) is 6.79 Å². The van der Waals surface area contributed by atoms with Gasteiger partial charge in [0.05, 0.1) is 0 Å². The van der Waals surface area contributed by atoms with Crippen LogP contribution in [0, 0.1) is 5.82 Å². The topological polar surface area (TPSA) is 38.7 Å². The summed E-state index contributed by atoms with van der Waals surface area (Å²) in [5.41, 5.74) is 0.443. The van der Waals surface area contributed by atoms with E-state index in [1.807, 2.05) is 0 Å². The van der Waals surface area contributed by atoms with E-state index in [9.17, 15) is 4.39 Å². The van der Waals surface area contributed by atoms with Crippen molar-refractivity contribution in [1.29, 1.82) is 0 Å². The van der Waals surface area contributed by atoms with Gasteiger partial charge in [-0.25, -0.2) is 4.39 Å². The third-order valence-corrected chi connectivity index (χ3v) is 2.56. The maximum absolute atomic E-state index is 13.6. The Bertz CT molecular complexity index is 381. The molecule has 0 radical (unpaired) electrons. The van der Waals surface area contributed by atoms with Crippen molar-refractivity contribution < 1.29 is 19.0 Å². The summed E-state index contributed by atoms with van der Waals surface area (Å²) in [4.78, 5) is 0. The molecule has 1 aliphatic heterocycles. The van der Waals surface area contributed by atoms with Gasteiger partial charge in [0.15, 0.2) is 11.5 Å². The van der Waals surface area contributed by atoms with Crippen LogP contribution in [0.5, 0.6) is 11.5 Å². The fourth-order valence-electron chi connectivity index (χ4n) is 1.48. The van der Waals surface area contributed by atoms with Gasteiger partial charge in [0, 0.05) is 6.61 Å². The summed E-state index contributed by atoms with van der Waals surface area (Å²) in [5, 5.41) is 8.63. The van der Waals surface area contributed by atoms with E-state index in [2.05, 4.69) is 0 Å². The van der Waals surface area contributed by atoms with Gasteiger partial charge < -0.3 is 14.6 Å². The highest BCUT2D eigenvalue weighted by molar-refractivity contribution is 6.32. The highest BCUT2D eigenvalue weighted by Gasteiger charge is 2.23. The molecule has 1 heterocycles. The van der Waals surface area contributed by atoms with E-state index in [-0.39, 0.29) is 24.2 Å². The van der Waals surface area contributed by atoms with Gasteiger partial charge in [-0.2, -0.15) is 0 Å². The fourth-order valence-corrected chi connectivity index (χ4v) is 1.75. The fraction of sp³-hybridized carbons (Fsp3) is 0.400. The van der Waals surface area contributed by atoms with Crippen molar-refractivity contribution in [3.63, 3.8) is 0 Å². The van der Waals surface area contributed by atoms with Crippen LogP contribution in [0.1, 0.15) is 12.0 Å². The molecule has 0 aromatic heterocycles. The maximum Gasteiger partial charge on any atom is 0.231 e. The molecule has 2 rings (SSSR count). The quantitative estimate of drug-likeness (QED) is 0.868. The molecular weight excluding hydrogens is 223 g/mol. The molecule has 0 unspecified atom stereocenters. The summed E-state index contributed by atoms with van der Waals surface area (Å²) in [6, 6.07) is 1.57. The molecule has 3 nitrogen and oxygen atoms in total. The molecule has 0 saturated heterocycles. The Morgan fingerprint density at radius 3 is 3.00 bits per heavy atom. The lowest BCUT2D eigenvalue weighted by molar-refractivity contribution is 0.174. The Balaban J connectivity index is 2.36. The highest BCUT2D eigenvalue weighted by Crippen LogP contribution is 2.42. The molecule has 0 saturated carbocycles. The van der Waals surface area contributed by atoms with Gasteiger partial charge in [-0.15, -0.1) is 0 Å². The Hall–Kier alpha value is -1.00. The Morgan fingerprint density at radius 1 is 1.47 bits per heavy atom. The molecule has 15 heavy (non-hydrogen) atoms. The molecule has 0 aliphatic carbocycles. The molecule has 1 N–H and O–H groups in total. The summed E-state index contributed by atoms with van der Waals surface area (Å²) in [7, 11) is 0. The Morgan fingerprint density at radius 2 is 2.27 bits per heavy atom. The van der Waals surface area contributed by atoms with Crippen molar-refractivity contribution in [3.05, 3.63) is 22.5 Å². The van der Waals surface area contributed by atoms with Crippen LogP contribution >= 0.6 is 11.6 Å². The Labute approximate surface area is 91.4 Å². The zero-order valence-corrected chi connectivity index (χ0v) is 8.68. The third-order valence-electron chi connectivity index (χ3n) is 2.23. The number of hydrogen-bond donors (Lipinski definition) is 1. The van der Waals surface area contributed by atoms with Crippen molar-refractivity contribution in [2.45, 2.75) is 12.8 Å². The normalized spacial score (nSPS) is 13.3. The zero-order valence-electron chi connectivity index (χ0n) is 7.93. The molecule has 5 heteroatoms. The number of aliphatic hydroxyl groups excluding tert-OH is 1. The summed E-state index contributed by atoms with van der Waals surface area (Å²) in [6.45, 7) is 0.0868. The molecule has 0 fully saturated rings.